The number of aromatic nitrogens is 2. The molecule has 1 amide bonds. The monoisotopic (exact) mass is 220 g/mol. The second-order valence-corrected chi connectivity index (χ2v) is 4.51. The summed E-state index contributed by atoms with van der Waals surface area (Å²) in [4.78, 5) is 15.9. The van der Waals surface area contributed by atoms with Crippen LogP contribution in [0.4, 0.5) is 0 Å². The molecule has 1 fully saturated rings. The van der Waals surface area contributed by atoms with Crippen molar-refractivity contribution >= 4 is 5.91 Å². The predicted molar refractivity (Wildman–Crippen MR) is 59.0 cm³/mol. The van der Waals surface area contributed by atoms with Crippen molar-refractivity contribution in [3.05, 3.63) is 17.2 Å². The fraction of sp³-hybridized carbons (Fsp3) is 0.636. The quantitative estimate of drug-likeness (QED) is 0.694. The summed E-state index contributed by atoms with van der Waals surface area (Å²) in [7, 11) is 0. The topological polar surface area (TPSA) is 59.0 Å². The Labute approximate surface area is 94.2 Å². The highest BCUT2D eigenvalue weighted by molar-refractivity contribution is 5.78. The van der Waals surface area contributed by atoms with Crippen LogP contribution in [-0.2, 0) is 17.8 Å². The van der Waals surface area contributed by atoms with Gasteiger partial charge in [0.25, 0.3) is 0 Å². The van der Waals surface area contributed by atoms with E-state index in [-0.39, 0.29) is 11.9 Å². The summed E-state index contributed by atoms with van der Waals surface area (Å²) in [5.74, 6) is 1.19. The lowest BCUT2D eigenvalue weighted by molar-refractivity contribution is -0.119. The van der Waals surface area contributed by atoms with Gasteiger partial charge in [-0.2, -0.15) is 0 Å². The second kappa shape index (κ2) is 3.59. The lowest BCUT2D eigenvalue weighted by atomic mass is 10.1. The molecule has 0 bridgehead atoms. The first-order valence-electron chi connectivity index (χ1n) is 5.79. The normalized spacial score (nSPS) is 24.3. The SMILES string of the molecule is Cc1nc2c(n1C1CNC(=O)C1)CCNC2. The Morgan fingerprint density at radius 1 is 1.50 bits per heavy atom. The van der Waals surface area contributed by atoms with Gasteiger partial charge in [0, 0.05) is 38.2 Å². The molecule has 1 unspecified atom stereocenters. The third kappa shape index (κ3) is 1.43. The van der Waals surface area contributed by atoms with Crippen LogP contribution in [0.5, 0.6) is 0 Å². The number of imidazole rings is 1. The molecule has 86 valence electrons. The van der Waals surface area contributed by atoms with Gasteiger partial charge in [-0.15, -0.1) is 0 Å². The Morgan fingerprint density at radius 2 is 2.38 bits per heavy atom. The standard InChI is InChI=1S/C11H16N4O/c1-7-14-9-6-12-3-2-10(9)15(7)8-4-11(16)13-5-8/h8,12H,2-6H2,1H3,(H,13,16). The number of hydrogen-bond donors (Lipinski definition) is 2. The molecule has 1 aromatic rings. The second-order valence-electron chi connectivity index (χ2n) is 4.51. The first-order chi connectivity index (χ1) is 7.75. The van der Waals surface area contributed by atoms with Gasteiger partial charge >= 0.3 is 0 Å². The van der Waals surface area contributed by atoms with Crippen LogP contribution in [0.15, 0.2) is 0 Å². The number of fused-ring (bicyclic) bond motifs is 1. The fourth-order valence-corrected chi connectivity index (χ4v) is 2.73. The molecule has 16 heavy (non-hydrogen) atoms. The molecule has 1 atom stereocenters. The summed E-state index contributed by atoms with van der Waals surface area (Å²) in [6.45, 7) is 4.64. The van der Waals surface area contributed by atoms with Crippen LogP contribution >= 0.6 is 0 Å². The van der Waals surface area contributed by atoms with Crippen LogP contribution in [0.3, 0.4) is 0 Å². The highest BCUT2D eigenvalue weighted by atomic mass is 16.1. The lowest BCUT2D eigenvalue weighted by Gasteiger charge is -2.19. The first-order valence-corrected chi connectivity index (χ1v) is 5.79. The molecule has 2 N–H and O–H groups in total. The van der Waals surface area contributed by atoms with E-state index >= 15 is 0 Å². The summed E-state index contributed by atoms with van der Waals surface area (Å²) < 4.78 is 2.26. The zero-order valence-electron chi connectivity index (χ0n) is 9.42. The van der Waals surface area contributed by atoms with Crippen LogP contribution in [0, 0.1) is 6.92 Å². The number of hydrogen-bond acceptors (Lipinski definition) is 3. The molecule has 5 heteroatoms. The number of nitrogens with zero attached hydrogens (tertiary/aromatic N) is 2. The third-order valence-corrected chi connectivity index (χ3v) is 3.42. The van der Waals surface area contributed by atoms with E-state index in [9.17, 15) is 4.79 Å². The van der Waals surface area contributed by atoms with Crippen molar-refractivity contribution < 1.29 is 4.79 Å². The van der Waals surface area contributed by atoms with E-state index in [2.05, 4.69) is 20.2 Å². The summed E-state index contributed by atoms with van der Waals surface area (Å²) in [6.07, 6.45) is 1.61. The molecule has 0 aromatic carbocycles. The zero-order chi connectivity index (χ0) is 11.1. The van der Waals surface area contributed by atoms with Crippen LogP contribution < -0.4 is 10.6 Å². The maximum atomic E-state index is 11.3. The molecule has 0 aliphatic carbocycles. The Bertz CT molecular complexity index is 437. The molecule has 0 saturated carbocycles. The first kappa shape index (κ1) is 9.84. The number of nitrogens with one attached hydrogen (secondary N) is 2. The zero-order valence-corrected chi connectivity index (χ0v) is 9.42. The van der Waals surface area contributed by atoms with E-state index < -0.39 is 0 Å². The number of rotatable bonds is 1. The van der Waals surface area contributed by atoms with Gasteiger partial charge in [-0.1, -0.05) is 0 Å². The maximum Gasteiger partial charge on any atom is 0.222 e. The molecule has 3 heterocycles. The van der Waals surface area contributed by atoms with Crippen molar-refractivity contribution in [2.75, 3.05) is 13.1 Å². The van der Waals surface area contributed by atoms with Gasteiger partial charge in [0.05, 0.1) is 11.7 Å². The summed E-state index contributed by atoms with van der Waals surface area (Å²) in [5, 5.41) is 6.21. The van der Waals surface area contributed by atoms with Crippen molar-refractivity contribution in [1.29, 1.82) is 0 Å². The van der Waals surface area contributed by atoms with E-state index in [1.54, 1.807) is 0 Å². The Balaban J connectivity index is 1.99. The van der Waals surface area contributed by atoms with Crippen LogP contribution in [-0.4, -0.2) is 28.5 Å². The lowest BCUT2D eigenvalue weighted by Crippen LogP contribution is -2.26. The Hall–Kier alpha value is -1.36. The number of amides is 1. The maximum absolute atomic E-state index is 11.3. The molecular weight excluding hydrogens is 204 g/mol. The molecule has 1 saturated heterocycles. The van der Waals surface area contributed by atoms with Gasteiger partial charge in [0.15, 0.2) is 0 Å². The number of carbonyl (C=O) groups is 1. The van der Waals surface area contributed by atoms with Crippen molar-refractivity contribution in [3.8, 4) is 0 Å². The smallest absolute Gasteiger partial charge is 0.222 e. The van der Waals surface area contributed by atoms with Gasteiger partial charge in [0.1, 0.15) is 5.82 Å². The largest absolute Gasteiger partial charge is 0.354 e. The molecule has 0 spiro atoms. The minimum Gasteiger partial charge on any atom is -0.354 e. The van der Waals surface area contributed by atoms with E-state index in [0.29, 0.717) is 6.42 Å². The summed E-state index contributed by atoms with van der Waals surface area (Å²) in [6, 6.07) is 0.266. The van der Waals surface area contributed by atoms with Crippen LogP contribution in [0.1, 0.15) is 29.7 Å². The molecule has 3 rings (SSSR count). The fourth-order valence-electron chi connectivity index (χ4n) is 2.73. The highest BCUT2D eigenvalue weighted by Crippen LogP contribution is 2.24. The van der Waals surface area contributed by atoms with Gasteiger partial charge in [-0.05, 0) is 6.92 Å². The average molecular weight is 220 g/mol. The predicted octanol–water partition coefficient (Wildman–Crippen LogP) is -0.102. The van der Waals surface area contributed by atoms with Gasteiger partial charge in [-0.25, -0.2) is 4.98 Å². The highest BCUT2D eigenvalue weighted by Gasteiger charge is 2.28. The average Bonchev–Trinajstić information content (AvgIpc) is 2.80. The van der Waals surface area contributed by atoms with E-state index in [1.807, 2.05) is 6.92 Å². The van der Waals surface area contributed by atoms with Crippen molar-refractivity contribution in [3.63, 3.8) is 0 Å². The van der Waals surface area contributed by atoms with E-state index in [1.165, 1.54) is 5.69 Å². The third-order valence-electron chi connectivity index (χ3n) is 3.42. The van der Waals surface area contributed by atoms with Crippen molar-refractivity contribution in [2.24, 2.45) is 0 Å². The van der Waals surface area contributed by atoms with Gasteiger partial charge in [-0.3, -0.25) is 4.79 Å². The van der Waals surface area contributed by atoms with Crippen molar-refractivity contribution in [2.45, 2.75) is 32.4 Å². The molecule has 1 aromatic heterocycles. The minimum absolute atomic E-state index is 0.154. The molecular formula is C11H16N4O. The van der Waals surface area contributed by atoms with Gasteiger partial charge in [0.2, 0.25) is 5.91 Å². The van der Waals surface area contributed by atoms with E-state index in [4.69, 9.17) is 0 Å². The van der Waals surface area contributed by atoms with E-state index in [0.717, 1.165) is 37.6 Å². The molecule has 2 aliphatic heterocycles. The Morgan fingerprint density at radius 3 is 3.12 bits per heavy atom. The van der Waals surface area contributed by atoms with Gasteiger partial charge < -0.3 is 15.2 Å². The molecule has 0 radical (unpaired) electrons. The summed E-state index contributed by atoms with van der Waals surface area (Å²) >= 11 is 0. The molecule has 2 aliphatic rings. The van der Waals surface area contributed by atoms with Crippen LogP contribution in [0.25, 0.3) is 0 Å². The van der Waals surface area contributed by atoms with Crippen LogP contribution in [0.2, 0.25) is 0 Å². The minimum atomic E-state index is 0.154. The molecule has 5 nitrogen and oxygen atoms in total. The number of carbonyl (C=O) groups excluding carboxylic acids is 1. The van der Waals surface area contributed by atoms with Crippen molar-refractivity contribution in [1.82, 2.24) is 20.2 Å². The summed E-state index contributed by atoms with van der Waals surface area (Å²) in [5.41, 5.74) is 2.47. The number of aryl methyl sites for hydroxylation is 1. The Kier molecular flexibility index (Phi) is 2.21.